The van der Waals surface area contributed by atoms with Crippen LogP contribution in [0, 0.1) is 5.92 Å². The van der Waals surface area contributed by atoms with Gasteiger partial charge in [-0.3, -0.25) is 0 Å². The fourth-order valence-corrected chi connectivity index (χ4v) is 2.09. The van der Waals surface area contributed by atoms with Gasteiger partial charge in [0.25, 0.3) is 0 Å². The molecule has 0 bridgehead atoms. The van der Waals surface area contributed by atoms with Crippen molar-refractivity contribution in [2.45, 2.75) is 26.0 Å². The zero-order valence-corrected chi connectivity index (χ0v) is 10.3. The minimum atomic E-state index is 0.648. The summed E-state index contributed by atoms with van der Waals surface area (Å²) in [4.78, 5) is 8.69. The maximum atomic E-state index is 5.48. The first kappa shape index (κ1) is 12.5. The predicted molar refractivity (Wildman–Crippen MR) is 65.8 cm³/mol. The van der Waals surface area contributed by atoms with Gasteiger partial charge in [-0.25, -0.2) is 9.97 Å². The van der Waals surface area contributed by atoms with Crippen molar-refractivity contribution in [2.75, 3.05) is 12.3 Å². The number of aromatic nitrogens is 2. The van der Waals surface area contributed by atoms with Gasteiger partial charge in [-0.1, -0.05) is 13.8 Å². The maximum absolute atomic E-state index is 5.48. The fraction of sp³-hybridized carbons (Fsp3) is 0.636. The molecule has 84 valence electrons. The highest BCUT2D eigenvalue weighted by Crippen LogP contribution is 2.12. The van der Waals surface area contributed by atoms with Gasteiger partial charge in [-0.15, -0.1) is 0 Å². The van der Waals surface area contributed by atoms with E-state index in [1.54, 1.807) is 0 Å². The average molecular weight is 225 g/mol. The topological polar surface area (TPSA) is 51.8 Å². The second-order valence-electron chi connectivity index (χ2n) is 3.91. The van der Waals surface area contributed by atoms with Crippen LogP contribution in [0.25, 0.3) is 0 Å². The highest BCUT2D eigenvalue weighted by atomic mass is 32.2. The van der Waals surface area contributed by atoms with E-state index >= 15 is 0 Å². The first-order valence-corrected chi connectivity index (χ1v) is 6.46. The summed E-state index contributed by atoms with van der Waals surface area (Å²) in [5.41, 5.74) is 6.53. The SMILES string of the molecule is CC(C)CSCc1nccc(CCN)n1. The summed E-state index contributed by atoms with van der Waals surface area (Å²) in [7, 11) is 0. The first-order valence-electron chi connectivity index (χ1n) is 5.31. The smallest absolute Gasteiger partial charge is 0.138 e. The lowest BCUT2D eigenvalue weighted by Gasteiger charge is -2.04. The minimum Gasteiger partial charge on any atom is -0.330 e. The number of nitrogens with zero attached hydrogens (tertiary/aromatic N) is 2. The molecule has 1 heterocycles. The van der Waals surface area contributed by atoms with Gasteiger partial charge in [0.05, 0.1) is 5.75 Å². The first-order chi connectivity index (χ1) is 7.22. The van der Waals surface area contributed by atoms with Crippen molar-refractivity contribution < 1.29 is 0 Å². The molecule has 15 heavy (non-hydrogen) atoms. The van der Waals surface area contributed by atoms with Crippen LogP contribution < -0.4 is 5.73 Å². The molecule has 0 radical (unpaired) electrons. The molecule has 4 heteroatoms. The molecule has 0 aliphatic rings. The number of hydrogen-bond donors (Lipinski definition) is 1. The molecule has 0 saturated carbocycles. The Morgan fingerprint density at radius 2 is 2.27 bits per heavy atom. The lowest BCUT2D eigenvalue weighted by Crippen LogP contribution is -2.06. The molecule has 0 saturated heterocycles. The van der Waals surface area contributed by atoms with Crippen LogP contribution in [0.1, 0.15) is 25.4 Å². The molecule has 0 spiro atoms. The van der Waals surface area contributed by atoms with Gasteiger partial charge >= 0.3 is 0 Å². The van der Waals surface area contributed by atoms with E-state index in [1.165, 1.54) is 0 Å². The van der Waals surface area contributed by atoms with Gasteiger partial charge in [-0.05, 0) is 24.3 Å². The number of hydrogen-bond acceptors (Lipinski definition) is 4. The summed E-state index contributed by atoms with van der Waals surface area (Å²) < 4.78 is 0. The minimum absolute atomic E-state index is 0.648. The molecule has 0 unspecified atom stereocenters. The lowest BCUT2D eigenvalue weighted by molar-refractivity contribution is 0.749. The number of nitrogens with two attached hydrogens (primary N) is 1. The van der Waals surface area contributed by atoms with Crippen molar-refractivity contribution >= 4 is 11.8 Å². The predicted octanol–water partition coefficient (Wildman–Crippen LogP) is 1.87. The standard InChI is InChI=1S/C11H19N3S/c1-9(2)7-15-8-11-13-6-4-10(14-11)3-5-12/h4,6,9H,3,5,7-8,12H2,1-2H3. The van der Waals surface area contributed by atoms with E-state index in [2.05, 4.69) is 23.8 Å². The van der Waals surface area contributed by atoms with E-state index in [0.717, 1.165) is 35.4 Å². The molecule has 0 aliphatic heterocycles. The molecule has 0 fully saturated rings. The van der Waals surface area contributed by atoms with E-state index in [1.807, 2.05) is 24.0 Å². The van der Waals surface area contributed by atoms with Crippen molar-refractivity contribution in [2.24, 2.45) is 11.7 Å². The summed E-state index contributed by atoms with van der Waals surface area (Å²) in [6.45, 7) is 5.09. The molecular weight excluding hydrogens is 206 g/mol. The van der Waals surface area contributed by atoms with Gasteiger partial charge < -0.3 is 5.73 Å². The Hall–Kier alpha value is -0.610. The van der Waals surface area contributed by atoms with Crippen molar-refractivity contribution in [3.8, 4) is 0 Å². The molecule has 0 aliphatic carbocycles. The summed E-state index contributed by atoms with van der Waals surface area (Å²) in [6, 6.07) is 1.93. The molecular formula is C11H19N3S. The third kappa shape index (κ3) is 5.14. The van der Waals surface area contributed by atoms with E-state index in [0.29, 0.717) is 6.54 Å². The molecule has 0 aromatic carbocycles. The Morgan fingerprint density at radius 1 is 1.47 bits per heavy atom. The normalized spacial score (nSPS) is 10.9. The Kier molecular flexibility index (Phi) is 5.65. The van der Waals surface area contributed by atoms with E-state index in [-0.39, 0.29) is 0 Å². The summed E-state index contributed by atoms with van der Waals surface area (Å²) in [6.07, 6.45) is 2.66. The van der Waals surface area contributed by atoms with Crippen molar-refractivity contribution in [1.82, 2.24) is 9.97 Å². The molecule has 1 aromatic rings. The monoisotopic (exact) mass is 225 g/mol. The van der Waals surface area contributed by atoms with Gasteiger partial charge in [0.15, 0.2) is 0 Å². The van der Waals surface area contributed by atoms with Crippen LogP contribution in [0.4, 0.5) is 0 Å². The zero-order chi connectivity index (χ0) is 11.1. The van der Waals surface area contributed by atoms with Crippen LogP contribution in [0.2, 0.25) is 0 Å². The van der Waals surface area contributed by atoms with E-state index < -0.39 is 0 Å². The molecule has 0 atom stereocenters. The lowest BCUT2D eigenvalue weighted by atomic mass is 10.3. The molecule has 3 nitrogen and oxygen atoms in total. The second kappa shape index (κ2) is 6.80. The van der Waals surface area contributed by atoms with Crippen LogP contribution >= 0.6 is 11.8 Å². The Balaban J connectivity index is 2.43. The van der Waals surface area contributed by atoms with Crippen molar-refractivity contribution in [3.63, 3.8) is 0 Å². The van der Waals surface area contributed by atoms with Gasteiger partial charge in [-0.2, -0.15) is 11.8 Å². The van der Waals surface area contributed by atoms with E-state index in [9.17, 15) is 0 Å². The highest BCUT2D eigenvalue weighted by Gasteiger charge is 2.00. The summed E-state index contributed by atoms with van der Waals surface area (Å²) >= 11 is 1.88. The van der Waals surface area contributed by atoms with Crippen molar-refractivity contribution in [3.05, 3.63) is 23.8 Å². The summed E-state index contributed by atoms with van der Waals surface area (Å²) in [5.74, 6) is 3.70. The number of thioether (sulfide) groups is 1. The maximum Gasteiger partial charge on any atom is 0.138 e. The van der Waals surface area contributed by atoms with Crippen LogP contribution in [-0.2, 0) is 12.2 Å². The largest absolute Gasteiger partial charge is 0.330 e. The molecule has 1 aromatic heterocycles. The Morgan fingerprint density at radius 3 is 2.93 bits per heavy atom. The van der Waals surface area contributed by atoms with Crippen LogP contribution in [0.15, 0.2) is 12.3 Å². The Labute approximate surface area is 95.9 Å². The number of rotatable bonds is 6. The highest BCUT2D eigenvalue weighted by molar-refractivity contribution is 7.98. The van der Waals surface area contributed by atoms with Crippen LogP contribution in [0.3, 0.4) is 0 Å². The van der Waals surface area contributed by atoms with Gasteiger partial charge in [0.1, 0.15) is 5.82 Å². The molecule has 0 amide bonds. The van der Waals surface area contributed by atoms with Crippen LogP contribution in [0.5, 0.6) is 0 Å². The molecule has 1 rings (SSSR count). The average Bonchev–Trinajstić information content (AvgIpc) is 2.18. The van der Waals surface area contributed by atoms with Crippen molar-refractivity contribution in [1.29, 1.82) is 0 Å². The summed E-state index contributed by atoms with van der Waals surface area (Å²) in [5, 5.41) is 0. The van der Waals surface area contributed by atoms with Gasteiger partial charge in [0, 0.05) is 18.3 Å². The zero-order valence-electron chi connectivity index (χ0n) is 9.44. The second-order valence-corrected chi connectivity index (χ2v) is 4.94. The third-order valence-electron chi connectivity index (χ3n) is 1.85. The van der Waals surface area contributed by atoms with Crippen LogP contribution in [-0.4, -0.2) is 22.3 Å². The Bertz CT molecular complexity index is 289. The fourth-order valence-electron chi connectivity index (χ4n) is 1.18. The molecule has 2 N–H and O–H groups in total. The third-order valence-corrected chi connectivity index (χ3v) is 3.21. The quantitative estimate of drug-likeness (QED) is 0.803. The van der Waals surface area contributed by atoms with E-state index in [4.69, 9.17) is 5.73 Å². The van der Waals surface area contributed by atoms with Gasteiger partial charge in [0.2, 0.25) is 0 Å².